The molecule has 1 aliphatic rings. The van der Waals surface area contributed by atoms with E-state index in [0.29, 0.717) is 0 Å². The van der Waals surface area contributed by atoms with Gasteiger partial charge in [-0.15, -0.1) is 0 Å². The van der Waals surface area contributed by atoms with Crippen molar-refractivity contribution in [2.45, 2.75) is 46.6 Å². The molecule has 2 heterocycles. The number of imidazole rings is 1. The van der Waals surface area contributed by atoms with Crippen molar-refractivity contribution < 1.29 is 4.79 Å². The Labute approximate surface area is 160 Å². The Hall–Kier alpha value is -2.62. The predicted molar refractivity (Wildman–Crippen MR) is 109 cm³/mol. The van der Waals surface area contributed by atoms with Gasteiger partial charge in [0.15, 0.2) is 0 Å². The molecule has 0 fully saturated rings. The van der Waals surface area contributed by atoms with Crippen LogP contribution in [0.2, 0.25) is 0 Å². The van der Waals surface area contributed by atoms with Gasteiger partial charge in [0.2, 0.25) is 0 Å². The number of aryl methyl sites for hydroxylation is 1. The van der Waals surface area contributed by atoms with Crippen molar-refractivity contribution in [3.63, 3.8) is 0 Å². The number of rotatable bonds is 1. The van der Waals surface area contributed by atoms with Crippen LogP contribution in [0.4, 0.5) is 0 Å². The average Bonchev–Trinajstić information content (AvgIpc) is 3.00. The molecule has 1 atom stereocenters. The highest BCUT2D eigenvalue weighted by Crippen LogP contribution is 2.33. The van der Waals surface area contributed by atoms with Crippen LogP contribution >= 0.6 is 0 Å². The molecule has 0 bridgehead atoms. The van der Waals surface area contributed by atoms with E-state index in [-0.39, 0.29) is 17.4 Å². The second kappa shape index (κ2) is 6.52. The normalized spacial score (nSPS) is 17.6. The predicted octanol–water partition coefficient (Wildman–Crippen LogP) is 4.53. The lowest BCUT2D eigenvalue weighted by Gasteiger charge is -2.39. The van der Waals surface area contributed by atoms with Gasteiger partial charge in [0, 0.05) is 18.2 Å². The molecule has 1 unspecified atom stereocenters. The number of nitrogens with zero attached hydrogens (tertiary/aromatic N) is 2. The maximum atomic E-state index is 13.5. The van der Waals surface area contributed by atoms with Crippen LogP contribution in [0.5, 0.6) is 0 Å². The Balaban J connectivity index is 1.72. The highest BCUT2D eigenvalue weighted by Gasteiger charge is 2.36. The number of aromatic amines is 1. The largest absolute Gasteiger partial charge is 0.345 e. The third-order valence-corrected chi connectivity index (χ3v) is 5.70. The molecule has 0 spiro atoms. The van der Waals surface area contributed by atoms with E-state index in [9.17, 15) is 4.79 Å². The topological polar surface area (TPSA) is 49.0 Å². The zero-order chi connectivity index (χ0) is 19.2. The number of H-pyrrole nitrogens is 1. The fraction of sp³-hybridized carbons (Fsp3) is 0.391. The van der Waals surface area contributed by atoms with Gasteiger partial charge in [-0.2, -0.15) is 0 Å². The smallest absolute Gasteiger partial charge is 0.254 e. The van der Waals surface area contributed by atoms with Crippen molar-refractivity contribution >= 4 is 16.9 Å². The molecule has 1 amide bonds. The molecular formula is C23H27N3O. The van der Waals surface area contributed by atoms with E-state index >= 15 is 0 Å². The van der Waals surface area contributed by atoms with E-state index in [0.717, 1.165) is 36.0 Å². The van der Waals surface area contributed by atoms with Crippen LogP contribution in [-0.4, -0.2) is 33.4 Å². The summed E-state index contributed by atoms with van der Waals surface area (Å²) in [5.41, 5.74) is 6.55. The molecule has 1 N–H and O–H groups in total. The number of amides is 1. The van der Waals surface area contributed by atoms with Gasteiger partial charge in [0.25, 0.3) is 5.91 Å². The zero-order valence-electron chi connectivity index (χ0n) is 16.5. The minimum atomic E-state index is 0.000243. The zero-order valence-corrected chi connectivity index (χ0v) is 16.5. The molecule has 4 heteroatoms. The fourth-order valence-corrected chi connectivity index (χ4v) is 4.15. The number of fused-ring (bicyclic) bond motifs is 2. The molecule has 0 radical (unpaired) electrons. The number of hydrogen-bond acceptors (Lipinski definition) is 2. The van der Waals surface area contributed by atoms with Crippen LogP contribution in [0.3, 0.4) is 0 Å². The quantitative estimate of drug-likeness (QED) is 0.692. The van der Waals surface area contributed by atoms with Crippen LogP contribution < -0.4 is 0 Å². The summed E-state index contributed by atoms with van der Waals surface area (Å²) in [7, 11) is 0. The Kier molecular flexibility index (Phi) is 4.29. The van der Waals surface area contributed by atoms with Crippen LogP contribution in [0.15, 0.2) is 42.7 Å². The molecule has 0 saturated carbocycles. The molecule has 4 nitrogen and oxygen atoms in total. The molecule has 3 aromatic rings. The van der Waals surface area contributed by atoms with Crippen LogP contribution in [-0.2, 0) is 12.8 Å². The molecule has 4 rings (SSSR count). The summed E-state index contributed by atoms with van der Waals surface area (Å²) < 4.78 is 0. The van der Waals surface area contributed by atoms with Crippen molar-refractivity contribution in [1.29, 1.82) is 0 Å². The Morgan fingerprint density at radius 2 is 1.96 bits per heavy atom. The lowest BCUT2D eigenvalue weighted by atomic mass is 9.81. The van der Waals surface area contributed by atoms with Gasteiger partial charge in [0.05, 0.1) is 17.4 Å². The van der Waals surface area contributed by atoms with Crippen LogP contribution in [0.25, 0.3) is 11.0 Å². The number of benzene rings is 2. The van der Waals surface area contributed by atoms with E-state index in [1.54, 1.807) is 6.33 Å². The molecule has 0 saturated heterocycles. The first-order valence-electron chi connectivity index (χ1n) is 9.65. The highest BCUT2D eigenvalue weighted by atomic mass is 16.2. The molecule has 27 heavy (non-hydrogen) atoms. The SMILES string of the molecule is Cc1ccc2c(c1)CCN(C(=O)c1ccc3nc[nH]c3c1)C(C(C)(C)C)C2. The number of hydrogen-bond donors (Lipinski definition) is 1. The summed E-state index contributed by atoms with van der Waals surface area (Å²) in [6.07, 6.45) is 3.47. The number of nitrogens with one attached hydrogen (secondary N) is 1. The summed E-state index contributed by atoms with van der Waals surface area (Å²) in [5, 5.41) is 0. The second-order valence-corrected chi connectivity index (χ2v) is 8.74. The minimum absolute atomic E-state index is 0.000243. The lowest BCUT2D eigenvalue weighted by molar-refractivity contribution is 0.0532. The summed E-state index contributed by atoms with van der Waals surface area (Å²) in [6, 6.07) is 12.6. The highest BCUT2D eigenvalue weighted by molar-refractivity contribution is 5.97. The van der Waals surface area contributed by atoms with Crippen molar-refractivity contribution in [3.05, 3.63) is 65.0 Å². The lowest BCUT2D eigenvalue weighted by Crippen LogP contribution is -2.48. The van der Waals surface area contributed by atoms with Gasteiger partial charge < -0.3 is 9.88 Å². The van der Waals surface area contributed by atoms with Gasteiger partial charge in [-0.3, -0.25) is 4.79 Å². The first-order chi connectivity index (χ1) is 12.8. The number of aromatic nitrogens is 2. The van der Waals surface area contributed by atoms with E-state index in [2.05, 4.69) is 60.8 Å². The molecule has 0 aliphatic carbocycles. The average molecular weight is 361 g/mol. The summed E-state index contributed by atoms with van der Waals surface area (Å²) in [4.78, 5) is 22.9. The van der Waals surface area contributed by atoms with Crippen molar-refractivity contribution in [2.24, 2.45) is 5.41 Å². The van der Waals surface area contributed by atoms with E-state index in [1.165, 1.54) is 16.7 Å². The van der Waals surface area contributed by atoms with E-state index < -0.39 is 0 Å². The number of carbonyl (C=O) groups excluding carboxylic acids is 1. The van der Waals surface area contributed by atoms with Gasteiger partial charge in [-0.1, -0.05) is 44.5 Å². The van der Waals surface area contributed by atoms with Gasteiger partial charge >= 0.3 is 0 Å². The van der Waals surface area contributed by atoms with E-state index in [4.69, 9.17) is 0 Å². The molecular weight excluding hydrogens is 334 g/mol. The standard InChI is InChI=1S/C23H27N3O/c1-15-5-6-16-13-21(23(2,3)4)26(10-9-17(16)11-15)22(27)18-7-8-19-20(12-18)25-14-24-19/h5-8,11-12,14,21H,9-10,13H2,1-4H3,(H,24,25). The molecule has 1 aliphatic heterocycles. The summed E-state index contributed by atoms with van der Waals surface area (Å²) >= 11 is 0. The Bertz CT molecular complexity index is 996. The Morgan fingerprint density at radius 3 is 2.74 bits per heavy atom. The monoisotopic (exact) mass is 361 g/mol. The van der Waals surface area contributed by atoms with Gasteiger partial charge in [0.1, 0.15) is 0 Å². The molecule has 2 aromatic carbocycles. The van der Waals surface area contributed by atoms with Crippen molar-refractivity contribution in [1.82, 2.24) is 14.9 Å². The maximum absolute atomic E-state index is 13.5. The molecule has 1 aromatic heterocycles. The maximum Gasteiger partial charge on any atom is 0.254 e. The summed E-state index contributed by atoms with van der Waals surface area (Å²) in [5.74, 6) is 0.107. The third-order valence-electron chi connectivity index (χ3n) is 5.70. The second-order valence-electron chi connectivity index (χ2n) is 8.74. The number of carbonyl (C=O) groups is 1. The van der Waals surface area contributed by atoms with Crippen LogP contribution in [0, 0.1) is 12.3 Å². The summed E-state index contributed by atoms with van der Waals surface area (Å²) in [6.45, 7) is 9.58. The van der Waals surface area contributed by atoms with E-state index in [1.807, 2.05) is 18.2 Å². The van der Waals surface area contributed by atoms with Gasteiger partial charge in [-0.25, -0.2) is 4.98 Å². The van der Waals surface area contributed by atoms with Gasteiger partial charge in [-0.05, 0) is 54.5 Å². The third kappa shape index (κ3) is 3.36. The van der Waals surface area contributed by atoms with Crippen LogP contribution in [0.1, 0.15) is 47.8 Å². The first kappa shape index (κ1) is 17.8. The minimum Gasteiger partial charge on any atom is -0.345 e. The first-order valence-corrected chi connectivity index (χ1v) is 9.65. The van der Waals surface area contributed by atoms with Crippen molar-refractivity contribution in [3.8, 4) is 0 Å². The molecule has 140 valence electrons. The fourth-order valence-electron chi connectivity index (χ4n) is 4.15. The van der Waals surface area contributed by atoms with Crippen molar-refractivity contribution in [2.75, 3.05) is 6.54 Å². The Morgan fingerprint density at radius 1 is 1.15 bits per heavy atom.